The number of nitrogens with zero attached hydrogens (tertiary/aromatic N) is 2. The number of rotatable bonds is 24. The highest BCUT2D eigenvalue weighted by Gasteiger charge is 2.32. The van der Waals surface area contributed by atoms with E-state index in [1.54, 1.807) is 31.2 Å². The zero-order chi connectivity index (χ0) is 35.7. The average Bonchev–Trinajstić information content (AvgIpc) is 3.45. The fraction of sp³-hybridized carbons (Fsp3) is 0.561. The first-order chi connectivity index (χ1) is 23.5. The summed E-state index contributed by atoms with van der Waals surface area (Å²) in [5.41, 5.74) is 2.56. The molecule has 0 aliphatic carbocycles. The maximum atomic E-state index is 12.0. The molecular formula is C41H62N2O5S. The Morgan fingerprint density at radius 3 is 1.88 bits per heavy atom. The fourth-order valence-corrected chi connectivity index (χ4v) is 6.11. The summed E-state index contributed by atoms with van der Waals surface area (Å²) in [6.07, 6.45) is 21.5. The van der Waals surface area contributed by atoms with Gasteiger partial charge in [-0.25, -0.2) is 8.42 Å². The summed E-state index contributed by atoms with van der Waals surface area (Å²) in [6, 6.07) is 19.4. The monoisotopic (exact) mass is 694 g/mol. The van der Waals surface area contributed by atoms with Gasteiger partial charge in [-0.3, -0.25) is 9.37 Å². The van der Waals surface area contributed by atoms with Gasteiger partial charge in [0.25, 0.3) is 5.84 Å². The fourth-order valence-electron chi connectivity index (χ4n) is 5.79. The van der Waals surface area contributed by atoms with Crippen molar-refractivity contribution in [3.8, 4) is 0 Å². The van der Waals surface area contributed by atoms with Gasteiger partial charge in [-0.1, -0.05) is 165 Å². The molecule has 1 aliphatic heterocycles. The number of hydrogen-bond acceptors (Lipinski definition) is 6. The molecule has 0 amide bonds. The third-order valence-electron chi connectivity index (χ3n) is 8.68. The first-order valence-corrected chi connectivity index (χ1v) is 19.9. The number of benzene rings is 2. The van der Waals surface area contributed by atoms with Crippen molar-refractivity contribution in [2.45, 2.75) is 124 Å². The van der Waals surface area contributed by atoms with Crippen LogP contribution in [0.15, 0.2) is 78.2 Å². The van der Waals surface area contributed by atoms with Crippen molar-refractivity contribution < 1.29 is 27.2 Å². The van der Waals surface area contributed by atoms with E-state index < -0.39 is 10.1 Å². The molecule has 0 fully saturated rings. The predicted molar refractivity (Wildman–Crippen MR) is 202 cm³/mol. The van der Waals surface area contributed by atoms with Crippen LogP contribution in [0.3, 0.4) is 0 Å². The second kappa shape index (κ2) is 25.0. The Morgan fingerprint density at radius 2 is 1.37 bits per heavy atom. The molecule has 272 valence electrons. The van der Waals surface area contributed by atoms with Gasteiger partial charge in [-0.2, -0.15) is 4.84 Å². The lowest BCUT2D eigenvalue weighted by atomic mass is 10.0. The lowest BCUT2D eigenvalue weighted by Crippen LogP contribution is -2.32. The summed E-state index contributed by atoms with van der Waals surface area (Å²) in [7, 11) is -4.25. The van der Waals surface area contributed by atoms with Gasteiger partial charge in [-0.15, -0.1) is 5.06 Å². The molecular weight excluding hydrogens is 633 g/mol. The maximum Gasteiger partial charge on any atom is 0.277 e. The molecule has 7 nitrogen and oxygen atoms in total. The summed E-state index contributed by atoms with van der Waals surface area (Å²) in [6.45, 7) is 12.9. The number of hydroxylamine groups is 2. The van der Waals surface area contributed by atoms with E-state index in [1.165, 1.54) is 107 Å². The van der Waals surface area contributed by atoms with Crippen LogP contribution in [0.5, 0.6) is 0 Å². The molecule has 0 bridgehead atoms. The van der Waals surface area contributed by atoms with Gasteiger partial charge in [0, 0.05) is 5.41 Å². The molecule has 8 heteroatoms. The Kier molecular flexibility index (Phi) is 21.5. The smallest absolute Gasteiger partial charge is 0.277 e. The molecule has 0 radical (unpaired) electrons. The van der Waals surface area contributed by atoms with Crippen LogP contribution >= 0.6 is 0 Å². The SMILES string of the molecule is C=C(C)C(=O)CON1CC[N+](Cc2ccccc2)=C1CCCCCCCCCCCCCCCC(C)C.O=S(=O)([O-])C=Cc1ccccc1. The van der Waals surface area contributed by atoms with Gasteiger partial charge in [0.2, 0.25) is 0 Å². The number of ketones is 1. The first-order valence-electron chi connectivity index (χ1n) is 18.5. The molecule has 3 rings (SSSR count). The number of carbonyl (C=O) groups is 1. The van der Waals surface area contributed by atoms with E-state index in [9.17, 15) is 17.8 Å². The molecule has 0 N–H and O–H groups in total. The highest BCUT2D eigenvalue weighted by molar-refractivity contribution is 7.88. The van der Waals surface area contributed by atoms with Crippen molar-refractivity contribution in [3.05, 3.63) is 89.4 Å². The molecule has 1 aliphatic rings. The van der Waals surface area contributed by atoms with Crippen molar-refractivity contribution >= 4 is 27.8 Å². The zero-order valence-electron chi connectivity index (χ0n) is 30.5. The van der Waals surface area contributed by atoms with Crippen LogP contribution in [0, 0.1) is 5.92 Å². The molecule has 2 aromatic carbocycles. The zero-order valence-corrected chi connectivity index (χ0v) is 31.3. The molecule has 0 spiro atoms. The molecule has 49 heavy (non-hydrogen) atoms. The van der Waals surface area contributed by atoms with E-state index in [1.807, 2.05) is 11.1 Å². The average molecular weight is 695 g/mol. The maximum absolute atomic E-state index is 12.0. The standard InChI is InChI=1S/C33H55N2O2.C8H8O3S/c1-29(2)21-17-14-12-10-8-6-5-7-9-11-13-15-20-24-33-34(27-31-22-18-16-19-23-31)25-26-35(33)37-28-32(36)30(3)4;9-12(10,11)7-6-8-4-2-1-3-5-8/h16,18-19,22-23,29H,3,5-15,17,20-21,24-28H2,1-2,4H3;1-7H,(H,9,10,11)/q+1;/p-1. The van der Waals surface area contributed by atoms with E-state index in [-0.39, 0.29) is 12.4 Å². The molecule has 2 aromatic rings. The minimum atomic E-state index is -4.25. The number of hydrogen-bond donors (Lipinski definition) is 0. The normalized spacial score (nSPS) is 13.3. The summed E-state index contributed by atoms with van der Waals surface area (Å²) < 4.78 is 32.9. The van der Waals surface area contributed by atoms with Crippen molar-refractivity contribution in [2.24, 2.45) is 5.92 Å². The van der Waals surface area contributed by atoms with Crippen LogP contribution in [-0.2, 0) is 26.3 Å². The molecule has 0 saturated carbocycles. The molecule has 0 aromatic heterocycles. The lowest BCUT2D eigenvalue weighted by Gasteiger charge is -2.12. The van der Waals surface area contributed by atoms with Crippen LogP contribution in [0.4, 0.5) is 0 Å². The van der Waals surface area contributed by atoms with Crippen molar-refractivity contribution in [1.29, 1.82) is 0 Å². The van der Waals surface area contributed by atoms with E-state index >= 15 is 0 Å². The highest BCUT2D eigenvalue weighted by Crippen LogP contribution is 2.17. The van der Waals surface area contributed by atoms with Gasteiger partial charge >= 0.3 is 0 Å². The third-order valence-corrected chi connectivity index (χ3v) is 9.15. The van der Waals surface area contributed by atoms with Gasteiger partial charge in [-0.05, 0) is 42.0 Å². The van der Waals surface area contributed by atoms with Crippen molar-refractivity contribution in [1.82, 2.24) is 5.06 Å². The Morgan fingerprint density at radius 1 is 0.857 bits per heavy atom. The Bertz CT molecular complexity index is 1370. The van der Waals surface area contributed by atoms with Crippen molar-refractivity contribution in [2.75, 3.05) is 19.7 Å². The summed E-state index contributed by atoms with van der Waals surface area (Å²) in [4.78, 5) is 18.0. The van der Waals surface area contributed by atoms with Gasteiger partial charge in [0.05, 0.1) is 6.42 Å². The third kappa shape index (κ3) is 20.9. The second-order valence-electron chi connectivity index (χ2n) is 13.6. The van der Waals surface area contributed by atoms with Gasteiger partial charge < -0.3 is 4.55 Å². The van der Waals surface area contributed by atoms with Crippen LogP contribution in [0.2, 0.25) is 0 Å². The van der Waals surface area contributed by atoms with E-state index in [2.05, 4.69) is 55.3 Å². The molecule has 0 atom stereocenters. The number of Topliss-reactive ketones (excluding diaryl/α,β-unsaturated/α-hetero) is 1. The summed E-state index contributed by atoms with van der Waals surface area (Å²) in [5.74, 6) is 2.06. The van der Waals surface area contributed by atoms with Crippen LogP contribution in [0.25, 0.3) is 6.08 Å². The molecule has 1 heterocycles. The van der Waals surface area contributed by atoms with E-state index in [4.69, 9.17) is 4.84 Å². The van der Waals surface area contributed by atoms with Crippen LogP contribution in [-0.4, -0.2) is 53.9 Å². The number of amidine groups is 1. The largest absolute Gasteiger partial charge is 0.744 e. The van der Waals surface area contributed by atoms with Crippen LogP contribution in [0.1, 0.15) is 128 Å². The Hall–Kier alpha value is -3.07. The minimum Gasteiger partial charge on any atom is -0.744 e. The topological polar surface area (TPSA) is 89.8 Å². The Balaban J connectivity index is 0.000000582. The second-order valence-corrected chi connectivity index (χ2v) is 14.9. The Labute approximate surface area is 297 Å². The molecule has 0 saturated heterocycles. The lowest BCUT2D eigenvalue weighted by molar-refractivity contribution is -0.535. The highest BCUT2D eigenvalue weighted by atomic mass is 32.2. The van der Waals surface area contributed by atoms with Gasteiger partial charge in [0.15, 0.2) is 18.9 Å². The number of unbranched alkanes of at least 4 members (excludes halogenated alkanes) is 12. The summed E-state index contributed by atoms with van der Waals surface area (Å²) >= 11 is 0. The van der Waals surface area contributed by atoms with Crippen molar-refractivity contribution in [3.63, 3.8) is 0 Å². The van der Waals surface area contributed by atoms with Crippen LogP contribution < -0.4 is 0 Å². The van der Waals surface area contributed by atoms with Gasteiger partial charge in [0.1, 0.15) is 23.2 Å². The molecule has 0 unspecified atom stereocenters. The first kappa shape index (κ1) is 42.1. The summed E-state index contributed by atoms with van der Waals surface area (Å²) in [5, 5.41) is 2.61. The predicted octanol–water partition coefficient (Wildman–Crippen LogP) is 9.70. The number of carbonyl (C=O) groups excluding carboxylic acids is 1. The van der Waals surface area contributed by atoms with E-state index in [0.29, 0.717) is 16.5 Å². The minimum absolute atomic E-state index is 0.0255. The van der Waals surface area contributed by atoms with E-state index in [0.717, 1.165) is 32.0 Å². The quantitative estimate of drug-likeness (QED) is 0.0471.